The van der Waals surface area contributed by atoms with E-state index in [1.54, 1.807) is 6.29 Å². The van der Waals surface area contributed by atoms with Gasteiger partial charge >= 0.3 is 5.97 Å². The van der Waals surface area contributed by atoms with Crippen molar-refractivity contribution >= 4 is 12.3 Å². The molecule has 3 nitrogen and oxygen atoms in total. The Morgan fingerprint density at radius 3 is 2.57 bits per heavy atom. The molecule has 1 rings (SSSR count). The second-order valence-electron chi connectivity index (χ2n) is 2.91. The summed E-state index contributed by atoms with van der Waals surface area (Å²) in [6, 6.07) is 9.35. The Kier molecular flexibility index (Phi) is 3.85. The Bertz CT molecular complexity index is 306. The fourth-order valence-corrected chi connectivity index (χ4v) is 1.14. The normalized spacial score (nSPS) is 11.8. The second-order valence-corrected chi connectivity index (χ2v) is 2.91. The van der Waals surface area contributed by atoms with Crippen LogP contribution < -0.4 is 0 Å². The molecule has 73 valence electrons. The monoisotopic (exact) mass is 191 g/mol. The van der Waals surface area contributed by atoms with Gasteiger partial charge in [-0.2, -0.15) is 0 Å². The molecule has 0 aliphatic heterocycles. The molecule has 3 heteroatoms. The summed E-state index contributed by atoms with van der Waals surface area (Å²) in [6.07, 6.45) is 1.27. The van der Waals surface area contributed by atoms with Gasteiger partial charge in [0.1, 0.15) is 0 Å². The number of esters is 1. The summed E-state index contributed by atoms with van der Waals surface area (Å²) in [7, 11) is 0. The summed E-state index contributed by atoms with van der Waals surface area (Å²) in [5, 5.41) is 0. The van der Waals surface area contributed by atoms with Crippen molar-refractivity contribution in [2.45, 2.75) is 19.4 Å². The fraction of sp³-hybridized carbons (Fsp3) is 0.273. The summed E-state index contributed by atoms with van der Waals surface area (Å²) < 4.78 is 4.74. The number of hydrogen-bond donors (Lipinski definition) is 0. The van der Waals surface area contributed by atoms with Crippen molar-refractivity contribution in [3.63, 3.8) is 0 Å². The molecule has 1 atom stereocenters. The molecule has 14 heavy (non-hydrogen) atoms. The van der Waals surface area contributed by atoms with Gasteiger partial charge in [0.2, 0.25) is 6.29 Å². The van der Waals surface area contributed by atoms with E-state index in [-0.39, 0.29) is 0 Å². The van der Waals surface area contributed by atoms with E-state index in [4.69, 9.17) is 4.74 Å². The van der Waals surface area contributed by atoms with Crippen molar-refractivity contribution < 1.29 is 14.3 Å². The molecular formula is C11H11O3. The summed E-state index contributed by atoms with van der Waals surface area (Å²) in [4.78, 5) is 21.0. The number of benzene rings is 1. The molecule has 1 aromatic carbocycles. The number of ether oxygens (including phenoxy) is 1. The molecule has 1 aromatic rings. The first-order chi connectivity index (χ1) is 6.72. The molecule has 0 fully saturated rings. The van der Waals surface area contributed by atoms with E-state index in [1.807, 2.05) is 30.3 Å². The van der Waals surface area contributed by atoms with E-state index in [0.717, 1.165) is 5.56 Å². The molecule has 0 aliphatic carbocycles. The first kappa shape index (κ1) is 10.4. The highest BCUT2D eigenvalue weighted by Crippen LogP contribution is 2.04. The maximum absolute atomic E-state index is 10.6. The van der Waals surface area contributed by atoms with E-state index >= 15 is 0 Å². The highest BCUT2D eigenvalue weighted by molar-refractivity contribution is 5.70. The van der Waals surface area contributed by atoms with Crippen molar-refractivity contribution in [2.75, 3.05) is 0 Å². The van der Waals surface area contributed by atoms with Gasteiger partial charge in [0.25, 0.3) is 0 Å². The lowest BCUT2D eigenvalue weighted by molar-refractivity contribution is -0.143. The van der Waals surface area contributed by atoms with Crippen LogP contribution in [0.4, 0.5) is 0 Å². The number of carbonyl (C=O) groups is 1. The van der Waals surface area contributed by atoms with Gasteiger partial charge in [-0.3, -0.25) is 9.59 Å². The zero-order chi connectivity index (χ0) is 10.4. The predicted octanol–water partition coefficient (Wildman–Crippen LogP) is 1.27. The fourth-order valence-electron chi connectivity index (χ4n) is 1.14. The lowest BCUT2D eigenvalue weighted by atomic mass is 10.1. The van der Waals surface area contributed by atoms with Crippen LogP contribution in [0, 0.1) is 0 Å². The minimum Gasteiger partial charge on any atom is -0.454 e. The number of hydrogen-bond acceptors (Lipinski definition) is 3. The van der Waals surface area contributed by atoms with Crippen molar-refractivity contribution in [3.8, 4) is 0 Å². The lowest BCUT2D eigenvalue weighted by Gasteiger charge is -2.09. The van der Waals surface area contributed by atoms with Gasteiger partial charge < -0.3 is 4.74 Å². The Morgan fingerprint density at radius 1 is 1.43 bits per heavy atom. The molecular weight excluding hydrogens is 180 g/mol. The molecule has 0 saturated carbocycles. The third-order valence-corrected chi connectivity index (χ3v) is 1.70. The highest BCUT2D eigenvalue weighted by atomic mass is 16.5. The van der Waals surface area contributed by atoms with Crippen LogP contribution in [0.2, 0.25) is 0 Å². The van der Waals surface area contributed by atoms with Crippen LogP contribution in [0.5, 0.6) is 0 Å². The summed E-state index contributed by atoms with van der Waals surface area (Å²) in [5.41, 5.74) is 0.946. The molecule has 0 saturated heterocycles. The van der Waals surface area contributed by atoms with E-state index < -0.39 is 12.1 Å². The Balaban J connectivity index is 2.57. The third-order valence-electron chi connectivity index (χ3n) is 1.70. The van der Waals surface area contributed by atoms with Crippen molar-refractivity contribution in [1.82, 2.24) is 0 Å². The lowest BCUT2D eigenvalue weighted by Crippen LogP contribution is -2.20. The van der Waals surface area contributed by atoms with E-state index in [0.29, 0.717) is 6.42 Å². The quantitative estimate of drug-likeness (QED) is 0.673. The van der Waals surface area contributed by atoms with Gasteiger partial charge in [0.05, 0.1) is 0 Å². The molecule has 0 spiro atoms. The van der Waals surface area contributed by atoms with Crippen molar-refractivity contribution in [2.24, 2.45) is 0 Å². The molecule has 0 heterocycles. The first-order valence-corrected chi connectivity index (χ1v) is 4.31. The maximum atomic E-state index is 10.6. The van der Waals surface area contributed by atoms with Crippen LogP contribution in [-0.4, -0.2) is 18.4 Å². The molecule has 0 aromatic heterocycles. The second kappa shape index (κ2) is 5.17. The van der Waals surface area contributed by atoms with Crippen LogP contribution in [0.25, 0.3) is 0 Å². The van der Waals surface area contributed by atoms with Gasteiger partial charge in [-0.1, -0.05) is 30.3 Å². The molecule has 0 aliphatic rings. The summed E-state index contributed by atoms with van der Waals surface area (Å²) in [5.74, 6) is -0.464. The van der Waals surface area contributed by atoms with Gasteiger partial charge in [-0.05, 0) is 5.56 Å². The predicted molar refractivity (Wildman–Crippen MR) is 51.4 cm³/mol. The van der Waals surface area contributed by atoms with Gasteiger partial charge in [-0.15, -0.1) is 0 Å². The van der Waals surface area contributed by atoms with Crippen molar-refractivity contribution in [1.29, 1.82) is 0 Å². The topological polar surface area (TPSA) is 43.4 Å². The van der Waals surface area contributed by atoms with E-state index in [2.05, 4.69) is 0 Å². The zero-order valence-electron chi connectivity index (χ0n) is 7.90. The Hall–Kier alpha value is -1.64. The highest BCUT2D eigenvalue weighted by Gasteiger charge is 2.11. The Morgan fingerprint density at radius 2 is 2.07 bits per heavy atom. The molecule has 0 N–H and O–H groups in total. The molecule has 0 amide bonds. The van der Waals surface area contributed by atoms with Crippen LogP contribution in [0.1, 0.15) is 12.5 Å². The van der Waals surface area contributed by atoms with Crippen LogP contribution >= 0.6 is 0 Å². The van der Waals surface area contributed by atoms with Crippen LogP contribution in [-0.2, 0) is 20.7 Å². The third kappa shape index (κ3) is 3.39. The Labute approximate surface area is 82.7 Å². The molecule has 1 radical (unpaired) electrons. The number of carbonyl (C=O) groups excluding carboxylic acids is 2. The SMILES string of the molecule is CC(=O)OC([C]=O)Cc1ccccc1. The standard InChI is InChI=1S/C11H11O3/c1-9(13)14-11(8-12)7-10-5-3-2-4-6-10/h2-6,11H,7H2,1H3. The largest absolute Gasteiger partial charge is 0.454 e. The minimum absolute atomic E-state index is 0.379. The van der Waals surface area contributed by atoms with Crippen LogP contribution in [0.15, 0.2) is 30.3 Å². The smallest absolute Gasteiger partial charge is 0.303 e. The van der Waals surface area contributed by atoms with Gasteiger partial charge in [0, 0.05) is 13.3 Å². The average molecular weight is 191 g/mol. The summed E-state index contributed by atoms with van der Waals surface area (Å²) >= 11 is 0. The van der Waals surface area contributed by atoms with E-state index in [9.17, 15) is 9.59 Å². The maximum Gasteiger partial charge on any atom is 0.303 e. The first-order valence-electron chi connectivity index (χ1n) is 4.31. The average Bonchev–Trinajstić information content (AvgIpc) is 2.17. The zero-order valence-corrected chi connectivity index (χ0v) is 7.90. The van der Waals surface area contributed by atoms with E-state index in [1.165, 1.54) is 6.92 Å². The van der Waals surface area contributed by atoms with Gasteiger partial charge in [0.15, 0.2) is 6.10 Å². The minimum atomic E-state index is -0.796. The number of rotatable bonds is 4. The molecule has 1 unspecified atom stereocenters. The van der Waals surface area contributed by atoms with Crippen LogP contribution in [0.3, 0.4) is 0 Å². The van der Waals surface area contributed by atoms with Crippen molar-refractivity contribution in [3.05, 3.63) is 35.9 Å². The summed E-state index contributed by atoms with van der Waals surface area (Å²) in [6.45, 7) is 1.27. The van der Waals surface area contributed by atoms with Gasteiger partial charge in [-0.25, -0.2) is 0 Å². The molecule has 0 bridgehead atoms.